The monoisotopic (exact) mass is 243 g/mol. The van der Waals surface area contributed by atoms with Crippen LogP contribution in [0.1, 0.15) is 47.0 Å². The van der Waals surface area contributed by atoms with Gasteiger partial charge in [-0.25, -0.2) is 0 Å². The first-order chi connectivity index (χ1) is 7.97. The van der Waals surface area contributed by atoms with Crippen LogP contribution in [-0.4, -0.2) is 36.5 Å². The lowest BCUT2D eigenvalue weighted by molar-refractivity contribution is 0.00445. The third-order valence-corrected chi connectivity index (χ3v) is 3.44. The first-order valence-electron chi connectivity index (χ1n) is 7.00. The van der Waals surface area contributed by atoms with Gasteiger partial charge in [-0.1, -0.05) is 13.8 Å². The van der Waals surface area contributed by atoms with Crippen molar-refractivity contribution >= 4 is 0 Å². The molecular weight excluding hydrogens is 214 g/mol. The molecule has 0 aromatic heterocycles. The van der Waals surface area contributed by atoms with Crippen LogP contribution in [-0.2, 0) is 4.74 Å². The number of hydrogen-bond donors (Lipinski definition) is 2. The summed E-state index contributed by atoms with van der Waals surface area (Å²) in [6, 6.07) is 0.572. The van der Waals surface area contributed by atoms with Gasteiger partial charge in [0.1, 0.15) is 0 Å². The maximum absolute atomic E-state index is 9.77. The third-order valence-electron chi connectivity index (χ3n) is 3.44. The van der Waals surface area contributed by atoms with Gasteiger partial charge in [0.2, 0.25) is 0 Å². The Kier molecular flexibility index (Phi) is 6.45. The minimum Gasteiger partial charge on any atom is -0.389 e. The normalized spacial score (nSPS) is 31.8. The molecule has 0 heterocycles. The molecule has 1 aliphatic carbocycles. The van der Waals surface area contributed by atoms with Gasteiger partial charge in [-0.15, -0.1) is 0 Å². The highest BCUT2D eigenvalue weighted by Gasteiger charge is 2.23. The van der Waals surface area contributed by atoms with Crippen LogP contribution in [0.25, 0.3) is 0 Å². The van der Waals surface area contributed by atoms with Gasteiger partial charge in [-0.05, 0) is 44.9 Å². The van der Waals surface area contributed by atoms with Gasteiger partial charge in [-0.2, -0.15) is 0 Å². The van der Waals surface area contributed by atoms with Gasteiger partial charge >= 0.3 is 0 Å². The molecule has 1 aliphatic rings. The van der Waals surface area contributed by atoms with Gasteiger partial charge in [-0.3, -0.25) is 0 Å². The second kappa shape index (κ2) is 7.34. The van der Waals surface area contributed by atoms with Crippen LogP contribution in [0.5, 0.6) is 0 Å². The Morgan fingerprint density at radius 2 is 1.76 bits per heavy atom. The molecule has 3 nitrogen and oxygen atoms in total. The van der Waals surface area contributed by atoms with Crippen molar-refractivity contribution < 1.29 is 9.84 Å². The van der Waals surface area contributed by atoms with Crippen LogP contribution < -0.4 is 5.32 Å². The molecule has 3 heteroatoms. The Balaban J connectivity index is 2.16. The smallest absolute Gasteiger partial charge is 0.0897 e. The maximum atomic E-state index is 9.77. The van der Waals surface area contributed by atoms with E-state index in [1.54, 1.807) is 0 Å². The Morgan fingerprint density at radius 3 is 2.29 bits per heavy atom. The average Bonchev–Trinajstić information content (AvgIpc) is 2.22. The topological polar surface area (TPSA) is 41.5 Å². The fraction of sp³-hybridized carbons (Fsp3) is 1.00. The van der Waals surface area contributed by atoms with Crippen LogP contribution in [0.4, 0.5) is 0 Å². The number of nitrogens with one attached hydrogen (secondary N) is 1. The van der Waals surface area contributed by atoms with Crippen molar-refractivity contribution in [2.75, 3.05) is 13.2 Å². The second-order valence-electron chi connectivity index (χ2n) is 6.06. The van der Waals surface area contributed by atoms with Crippen LogP contribution in [0.15, 0.2) is 0 Å². The van der Waals surface area contributed by atoms with Gasteiger partial charge in [0, 0.05) is 12.6 Å². The van der Waals surface area contributed by atoms with Crippen molar-refractivity contribution in [2.24, 2.45) is 11.8 Å². The van der Waals surface area contributed by atoms with E-state index >= 15 is 0 Å². The Hall–Kier alpha value is -0.120. The second-order valence-corrected chi connectivity index (χ2v) is 6.06. The minimum absolute atomic E-state index is 0.194. The number of hydrogen-bond acceptors (Lipinski definition) is 3. The van der Waals surface area contributed by atoms with E-state index in [2.05, 4.69) is 19.2 Å². The molecule has 0 aromatic rings. The van der Waals surface area contributed by atoms with Crippen molar-refractivity contribution in [3.8, 4) is 0 Å². The Bertz CT molecular complexity index is 198. The minimum atomic E-state index is -0.384. The molecule has 3 atom stereocenters. The van der Waals surface area contributed by atoms with Crippen LogP contribution >= 0.6 is 0 Å². The van der Waals surface area contributed by atoms with E-state index in [0.717, 1.165) is 11.8 Å². The van der Waals surface area contributed by atoms with E-state index < -0.39 is 0 Å². The number of aliphatic hydroxyl groups excluding tert-OH is 1. The van der Waals surface area contributed by atoms with Crippen molar-refractivity contribution in [3.05, 3.63) is 0 Å². The summed E-state index contributed by atoms with van der Waals surface area (Å²) in [5.41, 5.74) is 0. The van der Waals surface area contributed by atoms with Crippen molar-refractivity contribution in [3.63, 3.8) is 0 Å². The number of rotatable bonds is 6. The predicted octanol–water partition coefficient (Wildman–Crippen LogP) is 2.19. The average molecular weight is 243 g/mol. The maximum Gasteiger partial charge on any atom is 0.0897 e. The lowest BCUT2D eigenvalue weighted by Crippen LogP contribution is -2.41. The number of ether oxygens (including phenoxy) is 1. The summed E-state index contributed by atoms with van der Waals surface area (Å²) in [6.45, 7) is 9.71. The molecule has 1 saturated carbocycles. The summed E-state index contributed by atoms with van der Waals surface area (Å²) in [5.74, 6) is 1.61. The van der Waals surface area contributed by atoms with E-state index in [1.165, 1.54) is 19.3 Å². The van der Waals surface area contributed by atoms with Gasteiger partial charge in [0.15, 0.2) is 0 Å². The van der Waals surface area contributed by atoms with Gasteiger partial charge < -0.3 is 15.2 Å². The largest absolute Gasteiger partial charge is 0.389 e. The number of aliphatic hydroxyl groups is 1. The van der Waals surface area contributed by atoms with Crippen LogP contribution in [0, 0.1) is 11.8 Å². The first kappa shape index (κ1) is 14.9. The van der Waals surface area contributed by atoms with Gasteiger partial charge in [0.25, 0.3) is 0 Å². The molecule has 1 rings (SSSR count). The highest BCUT2D eigenvalue weighted by Crippen LogP contribution is 2.28. The lowest BCUT2D eigenvalue weighted by atomic mass is 9.80. The van der Waals surface area contributed by atoms with E-state index in [-0.39, 0.29) is 12.2 Å². The van der Waals surface area contributed by atoms with E-state index in [9.17, 15) is 5.11 Å². The summed E-state index contributed by atoms with van der Waals surface area (Å²) in [7, 11) is 0. The molecule has 0 amide bonds. The summed E-state index contributed by atoms with van der Waals surface area (Å²) >= 11 is 0. The predicted molar refractivity (Wildman–Crippen MR) is 71.1 cm³/mol. The fourth-order valence-electron chi connectivity index (χ4n) is 2.78. The summed E-state index contributed by atoms with van der Waals surface area (Å²) < 4.78 is 5.40. The molecule has 0 bridgehead atoms. The van der Waals surface area contributed by atoms with Crippen LogP contribution in [0.2, 0.25) is 0 Å². The van der Waals surface area contributed by atoms with Crippen molar-refractivity contribution in [2.45, 2.75) is 65.2 Å². The summed E-state index contributed by atoms with van der Waals surface area (Å²) in [5, 5.41) is 13.2. The standard InChI is InChI=1S/C14H29NO2/c1-10(2)17-9-14(16)8-15-13-6-11(3)5-12(4)7-13/h10-16H,5-9H2,1-4H3. The Labute approximate surface area is 106 Å². The zero-order valence-electron chi connectivity index (χ0n) is 11.8. The van der Waals surface area contributed by atoms with Gasteiger partial charge in [0.05, 0.1) is 18.8 Å². The van der Waals surface area contributed by atoms with Crippen molar-refractivity contribution in [1.82, 2.24) is 5.32 Å². The first-order valence-corrected chi connectivity index (χ1v) is 7.00. The quantitative estimate of drug-likeness (QED) is 0.751. The molecule has 0 radical (unpaired) electrons. The fourth-order valence-corrected chi connectivity index (χ4v) is 2.78. The third kappa shape index (κ3) is 6.39. The molecule has 1 fully saturated rings. The van der Waals surface area contributed by atoms with Crippen LogP contribution in [0.3, 0.4) is 0 Å². The molecule has 0 spiro atoms. The molecule has 102 valence electrons. The lowest BCUT2D eigenvalue weighted by Gasteiger charge is -2.32. The molecule has 0 saturated heterocycles. The summed E-state index contributed by atoms with van der Waals surface area (Å²) in [6.07, 6.45) is 3.63. The van der Waals surface area contributed by atoms with E-state index in [4.69, 9.17) is 4.74 Å². The molecule has 3 unspecified atom stereocenters. The molecular formula is C14H29NO2. The van der Waals surface area contributed by atoms with E-state index in [1.807, 2.05) is 13.8 Å². The zero-order valence-corrected chi connectivity index (χ0v) is 11.8. The Morgan fingerprint density at radius 1 is 1.18 bits per heavy atom. The SMILES string of the molecule is CC1CC(C)CC(NCC(O)COC(C)C)C1. The highest BCUT2D eigenvalue weighted by molar-refractivity contribution is 4.80. The highest BCUT2D eigenvalue weighted by atomic mass is 16.5. The zero-order chi connectivity index (χ0) is 12.8. The van der Waals surface area contributed by atoms with Crippen molar-refractivity contribution in [1.29, 1.82) is 0 Å². The molecule has 0 aromatic carbocycles. The molecule has 0 aliphatic heterocycles. The molecule has 2 N–H and O–H groups in total. The summed E-state index contributed by atoms with van der Waals surface area (Å²) in [4.78, 5) is 0. The molecule has 17 heavy (non-hydrogen) atoms. The van der Waals surface area contributed by atoms with E-state index in [0.29, 0.717) is 19.2 Å².